The quantitative estimate of drug-likeness (QED) is 0.661. The summed E-state index contributed by atoms with van der Waals surface area (Å²) >= 11 is 5.94. The summed E-state index contributed by atoms with van der Waals surface area (Å²) in [5.41, 5.74) is 3.53. The van der Waals surface area contributed by atoms with Gasteiger partial charge in [0, 0.05) is 29.1 Å². The van der Waals surface area contributed by atoms with Gasteiger partial charge < -0.3 is 5.11 Å². The first-order valence-electron chi connectivity index (χ1n) is 8.67. The standard InChI is InChI=1S/C21H20ClFN2O2/c1-14-10-19(25(24-14)18-6-4-17(22)5-7-18)8-9-20(27)11-15-2-3-16(13-26)21(23)12-15/h2-7,10,12,26H,8-9,11,13H2,1H3. The molecule has 3 aromatic rings. The number of nitrogens with zero attached hydrogens (tertiary/aromatic N) is 2. The monoisotopic (exact) mass is 386 g/mol. The first kappa shape index (κ1) is 19.3. The highest BCUT2D eigenvalue weighted by Crippen LogP contribution is 2.18. The third kappa shape index (κ3) is 4.81. The van der Waals surface area contributed by atoms with Crippen molar-refractivity contribution in [3.63, 3.8) is 0 Å². The van der Waals surface area contributed by atoms with Crippen LogP contribution in [0.1, 0.15) is 28.9 Å². The lowest BCUT2D eigenvalue weighted by molar-refractivity contribution is -0.118. The molecular weight excluding hydrogens is 367 g/mol. The second-order valence-electron chi connectivity index (χ2n) is 6.46. The van der Waals surface area contributed by atoms with Gasteiger partial charge in [0.1, 0.15) is 11.6 Å². The maximum absolute atomic E-state index is 13.7. The lowest BCUT2D eigenvalue weighted by atomic mass is 10.0. The van der Waals surface area contributed by atoms with E-state index in [4.69, 9.17) is 16.7 Å². The molecule has 0 aliphatic rings. The van der Waals surface area contributed by atoms with Crippen molar-refractivity contribution in [3.8, 4) is 5.69 Å². The maximum atomic E-state index is 13.7. The summed E-state index contributed by atoms with van der Waals surface area (Å²) in [7, 11) is 0. The van der Waals surface area contributed by atoms with Gasteiger partial charge >= 0.3 is 0 Å². The van der Waals surface area contributed by atoms with Crippen molar-refractivity contribution in [2.24, 2.45) is 0 Å². The van der Waals surface area contributed by atoms with Crippen LogP contribution in [0.25, 0.3) is 5.69 Å². The third-order valence-corrected chi connectivity index (χ3v) is 4.58. The van der Waals surface area contributed by atoms with Gasteiger partial charge in [-0.15, -0.1) is 0 Å². The number of aryl methyl sites for hydroxylation is 2. The molecule has 0 atom stereocenters. The summed E-state index contributed by atoms with van der Waals surface area (Å²) < 4.78 is 15.5. The summed E-state index contributed by atoms with van der Waals surface area (Å²) in [4.78, 5) is 12.3. The highest BCUT2D eigenvalue weighted by molar-refractivity contribution is 6.30. The van der Waals surface area contributed by atoms with Crippen molar-refractivity contribution in [1.82, 2.24) is 9.78 Å². The van der Waals surface area contributed by atoms with Crippen LogP contribution in [0.4, 0.5) is 4.39 Å². The normalized spacial score (nSPS) is 11.0. The van der Waals surface area contributed by atoms with Gasteiger partial charge in [-0.3, -0.25) is 4.79 Å². The van der Waals surface area contributed by atoms with Crippen LogP contribution in [0.2, 0.25) is 5.02 Å². The summed E-state index contributed by atoms with van der Waals surface area (Å²) in [6.07, 6.45) is 1.04. The predicted octanol–water partition coefficient (Wildman–Crippen LogP) is 4.21. The van der Waals surface area contributed by atoms with Gasteiger partial charge in [-0.2, -0.15) is 5.10 Å². The second kappa shape index (κ2) is 8.46. The number of rotatable bonds is 7. The fraction of sp³-hybridized carbons (Fsp3) is 0.238. The van der Waals surface area contributed by atoms with E-state index in [9.17, 15) is 9.18 Å². The summed E-state index contributed by atoms with van der Waals surface area (Å²) in [6.45, 7) is 1.55. The molecule has 6 heteroatoms. The van der Waals surface area contributed by atoms with E-state index in [2.05, 4.69) is 5.10 Å². The zero-order valence-corrected chi connectivity index (χ0v) is 15.7. The van der Waals surface area contributed by atoms with Crippen LogP contribution in [0.3, 0.4) is 0 Å². The Morgan fingerprint density at radius 3 is 2.59 bits per heavy atom. The Morgan fingerprint density at radius 2 is 1.93 bits per heavy atom. The minimum Gasteiger partial charge on any atom is -0.392 e. The molecule has 140 valence electrons. The predicted molar refractivity (Wildman–Crippen MR) is 103 cm³/mol. The molecule has 1 heterocycles. The number of ketones is 1. The second-order valence-corrected chi connectivity index (χ2v) is 6.90. The zero-order valence-electron chi connectivity index (χ0n) is 15.0. The molecule has 0 spiro atoms. The molecule has 0 unspecified atom stereocenters. The Balaban J connectivity index is 1.67. The van der Waals surface area contributed by atoms with Gasteiger partial charge in [-0.25, -0.2) is 9.07 Å². The average Bonchev–Trinajstić information content (AvgIpc) is 3.01. The lowest BCUT2D eigenvalue weighted by Gasteiger charge is -2.08. The van der Waals surface area contributed by atoms with Crippen molar-refractivity contribution in [2.75, 3.05) is 0 Å². The largest absolute Gasteiger partial charge is 0.392 e. The number of aliphatic hydroxyl groups is 1. The van der Waals surface area contributed by atoms with Crippen LogP contribution in [0.15, 0.2) is 48.5 Å². The van der Waals surface area contributed by atoms with E-state index in [1.165, 1.54) is 12.1 Å². The Hall–Kier alpha value is -2.50. The summed E-state index contributed by atoms with van der Waals surface area (Å²) in [6, 6.07) is 13.8. The van der Waals surface area contributed by atoms with E-state index in [1.54, 1.807) is 18.2 Å². The van der Waals surface area contributed by atoms with Gasteiger partial charge in [0.25, 0.3) is 0 Å². The number of hydrogen-bond acceptors (Lipinski definition) is 3. The van der Waals surface area contributed by atoms with Crippen LogP contribution >= 0.6 is 11.6 Å². The van der Waals surface area contributed by atoms with Crippen molar-refractivity contribution >= 4 is 17.4 Å². The summed E-state index contributed by atoms with van der Waals surface area (Å²) in [5, 5.41) is 14.2. The molecule has 0 aliphatic carbocycles. The molecule has 0 amide bonds. The van der Waals surface area contributed by atoms with Crippen molar-refractivity contribution in [1.29, 1.82) is 0 Å². The third-order valence-electron chi connectivity index (χ3n) is 4.33. The lowest BCUT2D eigenvalue weighted by Crippen LogP contribution is -2.08. The number of aromatic nitrogens is 2. The molecule has 1 aromatic heterocycles. The number of carbonyl (C=O) groups excluding carboxylic acids is 1. The molecule has 1 N–H and O–H groups in total. The topological polar surface area (TPSA) is 55.1 Å². The van der Waals surface area contributed by atoms with E-state index in [0.29, 0.717) is 23.4 Å². The Morgan fingerprint density at radius 1 is 1.19 bits per heavy atom. The number of carbonyl (C=O) groups is 1. The average molecular weight is 387 g/mol. The van der Waals surface area contributed by atoms with Gasteiger partial charge in [-0.1, -0.05) is 23.7 Å². The van der Waals surface area contributed by atoms with E-state index in [1.807, 2.05) is 29.8 Å². The summed E-state index contributed by atoms with van der Waals surface area (Å²) in [5.74, 6) is -0.466. The SMILES string of the molecule is Cc1cc(CCC(=O)Cc2ccc(CO)c(F)c2)n(-c2ccc(Cl)cc2)n1. The van der Waals surface area contributed by atoms with Crippen LogP contribution in [0, 0.1) is 12.7 Å². The number of Topliss-reactive ketones (excluding diaryl/α,β-unsaturated/α-hetero) is 1. The molecule has 0 bridgehead atoms. The Bertz CT molecular complexity index is 951. The molecule has 4 nitrogen and oxygen atoms in total. The number of benzene rings is 2. The molecule has 0 saturated heterocycles. The fourth-order valence-corrected chi connectivity index (χ4v) is 3.08. The molecule has 0 saturated carbocycles. The minimum absolute atomic E-state index is 0.0210. The van der Waals surface area contributed by atoms with Crippen LogP contribution in [0.5, 0.6) is 0 Å². The molecule has 27 heavy (non-hydrogen) atoms. The van der Waals surface area contributed by atoms with Crippen LogP contribution < -0.4 is 0 Å². The highest BCUT2D eigenvalue weighted by atomic mass is 35.5. The van der Waals surface area contributed by atoms with Crippen molar-refractivity contribution in [2.45, 2.75) is 32.8 Å². The molecule has 3 rings (SSSR count). The fourth-order valence-electron chi connectivity index (χ4n) is 2.95. The maximum Gasteiger partial charge on any atom is 0.137 e. The first-order chi connectivity index (χ1) is 13.0. The van der Waals surface area contributed by atoms with Gasteiger partial charge in [0.05, 0.1) is 18.0 Å². The molecular formula is C21H20ClFN2O2. The van der Waals surface area contributed by atoms with Crippen LogP contribution in [-0.4, -0.2) is 20.7 Å². The van der Waals surface area contributed by atoms with Gasteiger partial charge in [0.15, 0.2) is 0 Å². The zero-order chi connectivity index (χ0) is 19.4. The van der Waals surface area contributed by atoms with E-state index >= 15 is 0 Å². The van der Waals surface area contributed by atoms with Crippen molar-refractivity contribution < 1.29 is 14.3 Å². The molecule has 2 aromatic carbocycles. The number of halogens is 2. The minimum atomic E-state index is -0.487. The van der Waals surface area contributed by atoms with Crippen molar-refractivity contribution in [3.05, 3.63) is 81.9 Å². The van der Waals surface area contributed by atoms with Gasteiger partial charge in [-0.05, 0) is 55.3 Å². The molecule has 0 fully saturated rings. The smallest absolute Gasteiger partial charge is 0.137 e. The Labute approximate surface area is 162 Å². The first-order valence-corrected chi connectivity index (χ1v) is 9.05. The number of hydrogen-bond donors (Lipinski definition) is 1. The van der Waals surface area contributed by atoms with E-state index < -0.39 is 5.82 Å². The number of aliphatic hydroxyl groups excluding tert-OH is 1. The molecule has 0 aliphatic heterocycles. The molecule has 0 radical (unpaired) electrons. The van der Waals surface area contributed by atoms with Gasteiger partial charge in [0.2, 0.25) is 0 Å². The Kier molecular flexibility index (Phi) is 6.04. The highest BCUT2D eigenvalue weighted by Gasteiger charge is 2.12. The van der Waals surface area contributed by atoms with E-state index in [-0.39, 0.29) is 24.4 Å². The van der Waals surface area contributed by atoms with E-state index in [0.717, 1.165) is 17.1 Å². The van der Waals surface area contributed by atoms with Crippen LogP contribution in [-0.2, 0) is 24.2 Å².